The van der Waals surface area contributed by atoms with Crippen molar-refractivity contribution in [3.8, 4) is 5.75 Å². The molecule has 124 valence electrons. The van der Waals surface area contributed by atoms with Gasteiger partial charge in [-0.15, -0.1) is 12.4 Å². The van der Waals surface area contributed by atoms with Gasteiger partial charge in [0.05, 0.1) is 12.2 Å². The van der Waals surface area contributed by atoms with Crippen molar-refractivity contribution in [2.45, 2.75) is 19.8 Å². The Hall–Kier alpha value is -0.970. The molecule has 1 aromatic carbocycles. The molecule has 4 nitrogen and oxygen atoms in total. The molecule has 22 heavy (non-hydrogen) atoms. The maximum Gasteiger partial charge on any atom is 0.257 e. The third kappa shape index (κ3) is 5.04. The SMILES string of the molecule is CCCCOc1ccc(Cl)cc1C(=O)N1CCN(C)CC1.Cl. The van der Waals surface area contributed by atoms with Crippen molar-refractivity contribution in [3.05, 3.63) is 28.8 Å². The van der Waals surface area contributed by atoms with Crippen LogP contribution in [0.15, 0.2) is 18.2 Å². The van der Waals surface area contributed by atoms with Crippen LogP contribution in [0, 0.1) is 0 Å². The second-order valence-corrected chi connectivity index (χ2v) is 5.87. The number of halogens is 2. The minimum absolute atomic E-state index is 0. The molecule has 0 aliphatic carbocycles. The van der Waals surface area contributed by atoms with E-state index in [0.29, 0.717) is 22.9 Å². The number of rotatable bonds is 5. The van der Waals surface area contributed by atoms with E-state index < -0.39 is 0 Å². The van der Waals surface area contributed by atoms with Gasteiger partial charge in [-0.05, 0) is 31.7 Å². The zero-order valence-electron chi connectivity index (χ0n) is 13.2. The number of hydrogen-bond acceptors (Lipinski definition) is 3. The summed E-state index contributed by atoms with van der Waals surface area (Å²) in [5.74, 6) is 0.647. The van der Waals surface area contributed by atoms with Crippen LogP contribution < -0.4 is 4.74 Å². The van der Waals surface area contributed by atoms with Gasteiger partial charge in [-0.1, -0.05) is 24.9 Å². The Morgan fingerprint density at radius 1 is 1.27 bits per heavy atom. The van der Waals surface area contributed by atoms with Crippen LogP contribution in [0.4, 0.5) is 0 Å². The van der Waals surface area contributed by atoms with Gasteiger partial charge in [0.15, 0.2) is 0 Å². The lowest BCUT2D eigenvalue weighted by molar-refractivity contribution is 0.0660. The fraction of sp³-hybridized carbons (Fsp3) is 0.562. The molecule has 1 amide bonds. The standard InChI is InChI=1S/C16H23ClN2O2.ClH/c1-3-4-11-21-15-6-5-13(17)12-14(15)16(20)19-9-7-18(2)8-10-19;/h5-6,12H,3-4,7-11H2,1-2H3;1H. The molecule has 1 fully saturated rings. The Labute approximate surface area is 143 Å². The number of likely N-dealkylation sites (N-methyl/N-ethyl adjacent to an activating group) is 1. The number of ether oxygens (including phenoxy) is 1. The van der Waals surface area contributed by atoms with E-state index in [9.17, 15) is 4.79 Å². The molecule has 0 N–H and O–H groups in total. The summed E-state index contributed by atoms with van der Waals surface area (Å²) in [6, 6.07) is 5.27. The zero-order chi connectivity index (χ0) is 15.2. The molecule has 1 saturated heterocycles. The molecule has 0 atom stereocenters. The molecular weight excluding hydrogens is 323 g/mol. The largest absolute Gasteiger partial charge is 0.493 e. The summed E-state index contributed by atoms with van der Waals surface area (Å²) in [5, 5.41) is 0.565. The van der Waals surface area contributed by atoms with Crippen LogP contribution in [0.5, 0.6) is 5.75 Å². The molecule has 1 aliphatic rings. The van der Waals surface area contributed by atoms with Crippen LogP contribution in [-0.2, 0) is 0 Å². The van der Waals surface area contributed by atoms with Gasteiger partial charge in [-0.25, -0.2) is 0 Å². The van der Waals surface area contributed by atoms with Crippen molar-refractivity contribution >= 4 is 29.9 Å². The number of carbonyl (C=O) groups is 1. The number of benzene rings is 1. The quantitative estimate of drug-likeness (QED) is 0.766. The normalized spacial score (nSPS) is 15.3. The molecule has 0 bridgehead atoms. The predicted molar refractivity (Wildman–Crippen MR) is 92.5 cm³/mol. The molecule has 1 aromatic rings. The van der Waals surface area contributed by atoms with Gasteiger partial charge in [0.2, 0.25) is 0 Å². The van der Waals surface area contributed by atoms with E-state index in [1.165, 1.54) is 0 Å². The van der Waals surface area contributed by atoms with Gasteiger partial charge in [-0.2, -0.15) is 0 Å². The number of nitrogens with zero attached hydrogens (tertiary/aromatic N) is 2. The molecule has 1 heterocycles. The fourth-order valence-electron chi connectivity index (χ4n) is 2.30. The van der Waals surface area contributed by atoms with E-state index in [1.807, 2.05) is 4.90 Å². The van der Waals surface area contributed by atoms with Crippen molar-refractivity contribution in [3.63, 3.8) is 0 Å². The summed E-state index contributed by atoms with van der Waals surface area (Å²) in [6.45, 7) is 6.03. The Kier molecular flexibility index (Phi) is 8.01. The monoisotopic (exact) mass is 346 g/mol. The number of amides is 1. The summed E-state index contributed by atoms with van der Waals surface area (Å²) in [4.78, 5) is 16.8. The molecule has 0 unspecified atom stereocenters. The molecule has 2 rings (SSSR count). The van der Waals surface area contributed by atoms with Crippen molar-refractivity contribution in [1.82, 2.24) is 9.80 Å². The number of unbranched alkanes of at least 4 members (excludes halogenated alkanes) is 1. The molecule has 0 spiro atoms. The average Bonchev–Trinajstić information content (AvgIpc) is 2.49. The Bertz CT molecular complexity index is 489. The lowest BCUT2D eigenvalue weighted by Crippen LogP contribution is -2.47. The molecule has 6 heteroatoms. The predicted octanol–water partition coefficient (Wildman–Crippen LogP) is 3.33. The van der Waals surface area contributed by atoms with Crippen molar-refractivity contribution in [1.29, 1.82) is 0 Å². The summed E-state index contributed by atoms with van der Waals surface area (Å²) >= 11 is 6.05. The van der Waals surface area contributed by atoms with E-state index >= 15 is 0 Å². The second kappa shape index (κ2) is 9.23. The summed E-state index contributed by atoms with van der Waals surface area (Å²) in [6.07, 6.45) is 2.04. The van der Waals surface area contributed by atoms with Crippen LogP contribution in [0.25, 0.3) is 0 Å². The molecular formula is C16H24Cl2N2O2. The second-order valence-electron chi connectivity index (χ2n) is 5.44. The van der Waals surface area contributed by atoms with Crippen LogP contribution in [0.3, 0.4) is 0 Å². The van der Waals surface area contributed by atoms with Crippen LogP contribution in [-0.4, -0.2) is 55.5 Å². The average molecular weight is 347 g/mol. The highest BCUT2D eigenvalue weighted by Gasteiger charge is 2.23. The summed E-state index contributed by atoms with van der Waals surface area (Å²) in [5.41, 5.74) is 0.572. The maximum atomic E-state index is 12.7. The first-order valence-corrected chi connectivity index (χ1v) is 7.89. The highest BCUT2D eigenvalue weighted by Crippen LogP contribution is 2.25. The Morgan fingerprint density at radius 3 is 2.59 bits per heavy atom. The highest BCUT2D eigenvalue weighted by molar-refractivity contribution is 6.31. The topological polar surface area (TPSA) is 32.8 Å². The van der Waals surface area contributed by atoms with Crippen LogP contribution >= 0.6 is 24.0 Å². The number of piperazine rings is 1. The third-order valence-corrected chi connectivity index (χ3v) is 3.95. The van der Waals surface area contributed by atoms with E-state index in [4.69, 9.17) is 16.3 Å². The molecule has 0 radical (unpaired) electrons. The third-order valence-electron chi connectivity index (χ3n) is 3.72. The van der Waals surface area contributed by atoms with Gasteiger partial charge in [0, 0.05) is 31.2 Å². The first kappa shape index (κ1) is 19.1. The van der Waals surface area contributed by atoms with Crippen molar-refractivity contribution in [2.75, 3.05) is 39.8 Å². The Balaban J connectivity index is 0.00000242. The summed E-state index contributed by atoms with van der Waals surface area (Å²) in [7, 11) is 2.07. The fourth-order valence-corrected chi connectivity index (χ4v) is 2.47. The molecule has 1 aliphatic heterocycles. The van der Waals surface area contributed by atoms with Crippen LogP contribution in [0.2, 0.25) is 5.02 Å². The van der Waals surface area contributed by atoms with E-state index in [-0.39, 0.29) is 18.3 Å². The van der Waals surface area contributed by atoms with Crippen LogP contribution in [0.1, 0.15) is 30.1 Å². The number of hydrogen-bond donors (Lipinski definition) is 0. The highest BCUT2D eigenvalue weighted by atomic mass is 35.5. The van der Waals surface area contributed by atoms with E-state index in [2.05, 4.69) is 18.9 Å². The van der Waals surface area contributed by atoms with Crippen molar-refractivity contribution < 1.29 is 9.53 Å². The lowest BCUT2D eigenvalue weighted by Gasteiger charge is -2.32. The van der Waals surface area contributed by atoms with Crippen molar-refractivity contribution in [2.24, 2.45) is 0 Å². The lowest BCUT2D eigenvalue weighted by atomic mass is 10.1. The van der Waals surface area contributed by atoms with Gasteiger partial charge in [0.25, 0.3) is 5.91 Å². The zero-order valence-corrected chi connectivity index (χ0v) is 14.8. The minimum Gasteiger partial charge on any atom is -0.493 e. The van der Waals surface area contributed by atoms with Gasteiger partial charge >= 0.3 is 0 Å². The van der Waals surface area contributed by atoms with E-state index in [1.54, 1.807) is 18.2 Å². The number of carbonyl (C=O) groups excluding carboxylic acids is 1. The smallest absolute Gasteiger partial charge is 0.257 e. The van der Waals surface area contributed by atoms with Gasteiger partial charge in [-0.3, -0.25) is 4.79 Å². The molecule has 0 aromatic heterocycles. The van der Waals surface area contributed by atoms with Gasteiger partial charge in [0.1, 0.15) is 5.75 Å². The first-order chi connectivity index (χ1) is 10.1. The molecule has 0 saturated carbocycles. The first-order valence-electron chi connectivity index (χ1n) is 7.52. The minimum atomic E-state index is 0. The van der Waals surface area contributed by atoms with Gasteiger partial charge < -0.3 is 14.5 Å². The maximum absolute atomic E-state index is 12.7. The summed E-state index contributed by atoms with van der Waals surface area (Å²) < 4.78 is 5.75. The Morgan fingerprint density at radius 2 is 1.95 bits per heavy atom. The van der Waals surface area contributed by atoms with E-state index in [0.717, 1.165) is 39.0 Å².